The van der Waals surface area contributed by atoms with Crippen molar-refractivity contribution in [1.29, 1.82) is 0 Å². The maximum atomic E-state index is 5.19. The quantitative estimate of drug-likeness (QED) is 0.420. The normalized spacial score (nSPS) is 10.1. The molecule has 0 aliphatic carbocycles. The number of halogens is 1. The van der Waals surface area contributed by atoms with E-state index in [2.05, 4.69) is 6.58 Å². The van der Waals surface area contributed by atoms with Crippen LogP contribution in [0.25, 0.3) is 0 Å². The van der Waals surface area contributed by atoms with E-state index in [1.807, 2.05) is 0 Å². The molecule has 0 N–H and O–H groups in total. The van der Waals surface area contributed by atoms with E-state index in [0.29, 0.717) is 13.2 Å². The monoisotopic (exact) mass is 132 g/mol. The van der Waals surface area contributed by atoms with Crippen molar-refractivity contribution in [1.82, 2.24) is 0 Å². The van der Waals surface area contributed by atoms with Gasteiger partial charge in [-0.3, -0.25) is 0 Å². The minimum atomic E-state index is 0.565. The summed E-state index contributed by atoms with van der Waals surface area (Å²) in [4.78, 5) is 0. The molecule has 0 aliphatic heterocycles. The van der Waals surface area contributed by atoms with E-state index >= 15 is 0 Å². The van der Waals surface area contributed by atoms with Gasteiger partial charge in [0.2, 0.25) is 0 Å². The van der Waals surface area contributed by atoms with Crippen LogP contribution in [0.15, 0.2) is 24.3 Å². The van der Waals surface area contributed by atoms with Crippen LogP contribution in [0.3, 0.4) is 0 Å². The fraction of sp³-hybridized carbons (Fsp3) is 0.333. The van der Waals surface area contributed by atoms with Gasteiger partial charge in [0, 0.05) is 5.54 Å². The van der Waals surface area contributed by atoms with Crippen LogP contribution in [0.4, 0.5) is 0 Å². The van der Waals surface area contributed by atoms with E-state index in [-0.39, 0.29) is 0 Å². The predicted octanol–water partition coefficient (Wildman–Crippen LogP) is 1.94. The molecule has 0 unspecified atom stereocenters. The molecule has 0 heterocycles. The molecule has 0 spiro atoms. The van der Waals surface area contributed by atoms with Crippen LogP contribution in [0, 0.1) is 0 Å². The lowest BCUT2D eigenvalue weighted by atomic mass is 10.6. The molecule has 0 aromatic carbocycles. The average molecular weight is 133 g/mol. The van der Waals surface area contributed by atoms with E-state index < -0.39 is 0 Å². The Bertz CT molecular complexity index is 78.6. The molecule has 1 nitrogen and oxygen atoms in total. The SMILES string of the molecule is C=CCOCC=CCl. The van der Waals surface area contributed by atoms with Gasteiger partial charge in [-0.1, -0.05) is 17.7 Å². The Morgan fingerprint density at radius 3 is 2.75 bits per heavy atom. The standard InChI is InChI=1S/C6H9ClO/c1-2-5-8-6-3-4-7/h2-4H,1,5-6H2. The maximum absolute atomic E-state index is 5.19. The first kappa shape index (κ1) is 7.73. The molecule has 2 heteroatoms. The van der Waals surface area contributed by atoms with E-state index in [9.17, 15) is 0 Å². The van der Waals surface area contributed by atoms with Crippen molar-refractivity contribution in [2.75, 3.05) is 13.2 Å². The first-order valence-electron chi connectivity index (χ1n) is 2.35. The van der Waals surface area contributed by atoms with Crippen LogP contribution < -0.4 is 0 Å². The van der Waals surface area contributed by atoms with Crippen molar-refractivity contribution in [2.45, 2.75) is 0 Å². The molecule has 0 aromatic rings. The summed E-state index contributed by atoms with van der Waals surface area (Å²) in [7, 11) is 0. The van der Waals surface area contributed by atoms with E-state index in [0.717, 1.165) is 0 Å². The van der Waals surface area contributed by atoms with E-state index in [4.69, 9.17) is 16.3 Å². The Balaban J connectivity index is 2.82. The molecule has 0 atom stereocenters. The highest BCUT2D eigenvalue weighted by atomic mass is 35.5. The summed E-state index contributed by atoms with van der Waals surface area (Å²) in [5, 5.41) is 0. The molecule has 46 valence electrons. The number of hydrogen-bond donors (Lipinski definition) is 0. The van der Waals surface area contributed by atoms with Crippen LogP contribution in [-0.2, 0) is 4.74 Å². The van der Waals surface area contributed by atoms with E-state index in [1.165, 1.54) is 5.54 Å². The Labute approximate surface area is 54.6 Å². The minimum absolute atomic E-state index is 0.565. The fourth-order valence-electron chi connectivity index (χ4n) is 0.256. The third kappa shape index (κ3) is 5.73. The Hall–Kier alpha value is -0.270. The maximum Gasteiger partial charge on any atom is 0.0663 e. The summed E-state index contributed by atoms with van der Waals surface area (Å²) in [6.45, 7) is 4.63. The van der Waals surface area contributed by atoms with Gasteiger partial charge >= 0.3 is 0 Å². The Morgan fingerprint density at radius 2 is 2.25 bits per heavy atom. The van der Waals surface area contributed by atoms with Crippen LogP contribution in [0.1, 0.15) is 0 Å². The van der Waals surface area contributed by atoms with Crippen molar-refractivity contribution in [3.8, 4) is 0 Å². The highest BCUT2D eigenvalue weighted by Gasteiger charge is 1.73. The van der Waals surface area contributed by atoms with Crippen molar-refractivity contribution in [3.63, 3.8) is 0 Å². The molecule has 0 aliphatic rings. The first-order chi connectivity index (χ1) is 3.91. The zero-order chi connectivity index (χ0) is 6.24. The van der Waals surface area contributed by atoms with E-state index in [1.54, 1.807) is 12.2 Å². The summed E-state index contributed by atoms with van der Waals surface area (Å²) >= 11 is 5.19. The molecule has 0 saturated carbocycles. The lowest BCUT2D eigenvalue weighted by Gasteiger charge is -1.90. The van der Waals surface area contributed by atoms with Crippen LogP contribution >= 0.6 is 11.6 Å². The van der Waals surface area contributed by atoms with Gasteiger partial charge in [0.05, 0.1) is 13.2 Å². The summed E-state index contributed by atoms with van der Waals surface area (Å²) in [6, 6.07) is 0. The lowest BCUT2D eigenvalue weighted by Crippen LogP contribution is -1.88. The van der Waals surface area contributed by atoms with Gasteiger partial charge in [-0.25, -0.2) is 0 Å². The summed E-state index contributed by atoms with van der Waals surface area (Å²) in [6.07, 6.45) is 3.42. The van der Waals surface area contributed by atoms with Gasteiger partial charge in [-0.15, -0.1) is 6.58 Å². The Morgan fingerprint density at radius 1 is 1.50 bits per heavy atom. The molecular weight excluding hydrogens is 124 g/mol. The zero-order valence-corrected chi connectivity index (χ0v) is 5.40. The molecule has 0 saturated heterocycles. The molecular formula is C6H9ClO. The second-order valence-electron chi connectivity index (χ2n) is 1.19. The minimum Gasteiger partial charge on any atom is -0.373 e. The highest BCUT2D eigenvalue weighted by molar-refractivity contribution is 6.25. The molecule has 0 bridgehead atoms. The van der Waals surface area contributed by atoms with Gasteiger partial charge in [-0.05, 0) is 6.08 Å². The molecule has 8 heavy (non-hydrogen) atoms. The van der Waals surface area contributed by atoms with Crippen LogP contribution in [0.5, 0.6) is 0 Å². The third-order valence-electron chi connectivity index (χ3n) is 0.539. The van der Waals surface area contributed by atoms with Crippen LogP contribution in [0.2, 0.25) is 0 Å². The largest absolute Gasteiger partial charge is 0.373 e. The first-order valence-corrected chi connectivity index (χ1v) is 2.79. The molecule has 0 rings (SSSR count). The Kier molecular flexibility index (Phi) is 6.50. The number of rotatable bonds is 4. The van der Waals surface area contributed by atoms with Crippen molar-refractivity contribution in [3.05, 3.63) is 24.3 Å². The van der Waals surface area contributed by atoms with Gasteiger partial charge in [-0.2, -0.15) is 0 Å². The molecule has 0 aromatic heterocycles. The third-order valence-corrected chi connectivity index (χ3v) is 0.717. The van der Waals surface area contributed by atoms with Gasteiger partial charge in [0.25, 0.3) is 0 Å². The highest BCUT2D eigenvalue weighted by Crippen LogP contribution is 1.80. The second-order valence-corrected chi connectivity index (χ2v) is 1.44. The number of hydrogen-bond acceptors (Lipinski definition) is 1. The summed E-state index contributed by atoms with van der Waals surface area (Å²) in [5.41, 5.74) is 1.43. The number of ether oxygens (including phenoxy) is 1. The van der Waals surface area contributed by atoms with Gasteiger partial charge in [0.15, 0.2) is 0 Å². The van der Waals surface area contributed by atoms with Gasteiger partial charge < -0.3 is 4.74 Å². The summed E-state index contributed by atoms with van der Waals surface area (Å²) in [5.74, 6) is 0. The average Bonchev–Trinajstić information content (AvgIpc) is 1.81. The van der Waals surface area contributed by atoms with Gasteiger partial charge in [0.1, 0.15) is 0 Å². The van der Waals surface area contributed by atoms with Crippen molar-refractivity contribution < 1.29 is 4.74 Å². The van der Waals surface area contributed by atoms with Crippen molar-refractivity contribution >= 4 is 11.6 Å². The van der Waals surface area contributed by atoms with Crippen molar-refractivity contribution in [2.24, 2.45) is 0 Å². The molecule has 0 fully saturated rings. The lowest BCUT2D eigenvalue weighted by molar-refractivity contribution is 0.194. The summed E-state index contributed by atoms with van der Waals surface area (Å²) < 4.78 is 4.93. The second kappa shape index (κ2) is 6.73. The predicted molar refractivity (Wildman–Crippen MR) is 36.0 cm³/mol. The fourth-order valence-corrected chi connectivity index (χ4v) is 0.329. The topological polar surface area (TPSA) is 9.23 Å². The molecule has 0 radical (unpaired) electrons. The smallest absolute Gasteiger partial charge is 0.0663 e. The zero-order valence-electron chi connectivity index (χ0n) is 4.64. The van der Waals surface area contributed by atoms with Crippen LogP contribution in [-0.4, -0.2) is 13.2 Å². The molecule has 0 amide bonds.